The number of nitrogens with zero attached hydrogens (tertiary/aromatic N) is 1. The van der Waals surface area contributed by atoms with E-state index in [0.29, 0.717) is 5.58 Å². The normalized spacial score (nSPS) is 10.4. The minimum Gasteiger partial charge on any atom is -0.466 e. The van der Waals surface area contributed by atoms with E-state index in [-0.39, 0.29) is 24.6 Å². The molecule has 88 valence electrons. The number of aromatic nitrogens is 1. The molecule has 0 amide bonds. The lowest BCUT2D eigenvalue weighted by atomic mass is 10.2. The zero-order chi connectivity index (χ0) is 12.3. The van der Waals surface area contributed by atoms with Crippen LogP contribution in [0.25, 0.3) is 11.0 Å². The molecule has 0 N–H and O–H groups in total. The fourth-order valence-corrected chi connectivity index (χ4v) is 1.45. The van der Waals surface area contributed by atoms with Gasteiger partial charge in [0.05, 0.1) is 12.8 Å². The second kappa shape index (κ2) is 4.78. The van der Waals surface area contributed by atoms with Crippen molar-refractivity contribution in [3.8, 4) is 0 Å². The van der Waals surface area contributed by atoms with E-state index in [2.05, 4.69) is 4.98 Å². The summed E-state index contributed by atoms with van der Waals surface area (Å²) in [5.41, 5.74) is 0.528. The highest BCUT2D eigenvalue weighted by molar-refractivity contribution is 6.06. The minimum atomic E-state index is -0.545. The van der Waals surface area contributed by atoms with Crippen LogP contribution in [0.15, 0.2) is 28.9 Å². The molecule has 0 spiro atoms. The first kappa shape index (κ1) is 11.3. The van der Waals surface area contributed by atoms with Crippen LogP contribution in [0.3, 0.4) is 0 Å². The van der Waals surface area contributed by atoms with Crippen LogP contribution in [0.4, 0.5) is 0 Å². The Bertz CT molecular complexity index is 525. The number of furan rings is 1. The van der Waals surface area contributed by atoms with E-state index < -0.39 is 5.97 Å². The molecule has 0 fully saturated rings. The third-order valence-electron chi connectivity index (χ3n) is 2.21. The van der Waals surface area contributed by atoms with E-state index in [4.69, 9.17) is 9.15 Å². The Balaban J connectivity index is 2.16. The molecule has 0 radical (unpaired) electrons. The van der Waals surface area contributed by atoms with Crippen molar-refractivity contribution in [1.82, 2.24) is 4.98 Å². The van der Waals surface area contributed by atoms with Crippen molar-refractivity contribution in [3.05, 3.63) is 30.3 Å². The van der Waals surface area contributed by atoms with Gasteiger partial charge < -0.3 is 9.15 Å². The highest BCUT2D eigenvalue weighted by atomic mass is 16.5. The number of hydrogen-bond donors (Lipinski definition) is 0. The van der Waals surface area contributed by atoms with Crippen molar-refractivity contribution >= 4 is 22.7 Å². The van der Waals surface area contributed by atoms with E-state index in [1.54, 1.807) is 25.3 Å². The molecule has 5 heteroatoms. The third kappa shape index (κ3) is 2.50. The molecule has 0 aliphatic carbocycles. The van der Waals surface area contributed by atoms with Crippen LogP contribution < -0.4 is 0 Å². The molecule has 0 aliphatic rings. The molecule has 0 aliphatic heterocycles. The second-order valence-corrected chi connectivity index (χ2v) is 3.43. The number of esters is 1. The van der Waals surface area contributed by atoms with Gasteiger partial charge in [0.1, 0.15) is 6.42 Å². The van der Waals surface area contributed by atoms with E-state index >= 15 is 0 Å². The van der Waals surface area contributed by atoms with Crippen LogP contribution in [0.2, 0.25) is 0 Å². The first-order chi connectivity index (χ1) is 8.20. The Labute approximate surface area is 97.4 Å². The predicted molar refractivity (Wildman–Crippen MR) is 59.6 cm³/mol. The lowest BCUT2D eigenvalue weighted by molar-refractivity contribution is -0.142. The topological polar surface area (TPSA) is 69.4 Å². The molecule has 0 unspecified atom stereocenters. The Morgan fingerprint density at radius 3 is 3.00 bits per heavy atom. The largest absolute Gasteiger partial charge is 0.466 e. The third-order valence-corrected chi connectivity index (χ3v) is 2.21. The molecule has 0 saturated carbocycles. The van der Waals surface area contributed by atoms with Gasteiger partial charge in [0.2, 0.25) is 5.78 Å². The number of fused-ring (bicyclic) bond motifs is 1. The van der Waals surface area contributed by atoms with Gasteiger partial charge in [0.25, 0.3) is 0 Å². The van der Waals surface area contributed by atoms with Crippen molar-refractivity contribution < 1.29 is 18.7 Å². The van der Waals surface area contributed by atoms with Crippen molar-refractivity contribution in [2.75, 3.05) is 6.61 Å². The van der Waals surface area contributed by atoms with Crippen molar-refractivity contribution in [2.24, 2.45) is 0 Å². The lowest BCUT2D eigenvalue weighted by Crippen LogP contribution is -2.10. The summed E-state index contributed by atoms with van der Waals surface area (Å²) in [5.74, 6) is -0.781. The molecule has 0 aromatic carbocycles. The number of Topliss-reactive ketones (excluding diaryl/α,β-unsaturated/α-hetero) is 1. The van der Waals surface area contributed by atoms with Gasteiger partial charge in [-0.2, -0.15) is 0 Å². The average Bonchev–Trinajstić information content (AvgIpc) is 2.72. The molecule has 0 bridgehead atoms. The summed E-state index contributed by atoms with van der Waals surface area (Å²) in [5, 5.41) is 0.784. The first-order valence-corrected chi connectivity index (χ1v) is 5.23. The van der Waals surface area contributed by atoms with Crippen molar-refractivity contribution in [2.45, 2.75) is 13.3 Å². The summed E-state index contributed by atoms with van der Waals surface area (Å²) in [7, 11) is 0. The van der Waals surface area contributed by atoms with Crippen LogP contribution >= 0.6 is 0 Å². The Morgan fingerprint density at radius 2 is 2.29 bits per heavy atom. The fourth-order valence-electron chi connectivity index (χ4n) is 1.45. The van der Waals surface area contributed by atoms with Crippen molar-refractivity contribution in [3.63, 3.8) is 0 Å². The maximum absolute atomic E-state index is 11.7. The summed E-state index contributed by atoms with van der Waals surface area (Å²) < 4.78 is 9.98. The van der Waals surface area contributed by atoms with Crippen LogP contribution in [0.5, 0.6) is 0 Å². The maximum Gasteiger partial charge on any atom is 0.313 e. The maximum atomic E-state index is 11.7. The van der Waals surface area contributed by atoms with Crippen LogP contribution in [-0.4, -0.2) is 23.3 Å². The fraction of sp³-hybridized carbons (Fsp3) is 0.250. The van der Waals surface area contributed by atoms with Crippen molar-refractivity contribution in [1.29, 1.82) is 0 Å². The van der Waals surface area contributed by atoms with Crippen LogP contribution in [-0.2, 0) is 9.53 Å². The Hall–Kier alpha value is -2.17. The quantitative estimate of drug-likeness (QED) is 0.458. The van der Waals surface area contributed by atoms with Gasteiger partial charge in [-0.25, -0.2) is 0 Å². The highest BCUT2D eigenvalue weighted by Gasteiger charge is 2.16. The predicted octanol–water partition coefficient (Wildman–Crippen LogP) is 1.96. The zero-order valence-electron chi connectivity index (χ0n) is 9.30. The number of ether oxygens (including phenoxy) is 1. The number of rotatable bonds is 4. The molecule has 5 nitrogen and oxygen atoms in total. The molecule has 17 heavy (non-hydrogen) atoms. The number of carbonyl (C=O) groups is 2. The zero-order valence-corrected chi connectivity index (χ0v) is 9.30. The minimum absolute atomic E-state index is 0.154. The summed E-state index contributed by atoms with van der Waals surface area (Å²) in [6.45, 7) is 1.95. The summed E-state index contributed by atoms with van der Waals surface area (Å²) in [4.78, 5) is 26.7. The molecule has 2 aromatic rings. The Kier molecular flexibility index (Phi) is 3.18. The highest BCUT2D eigenvalue weighted by Crippen LogP contribution is 2.18. The van der Waals surface area contributed by atoms with E-state index in [1.807, 2.05) is 0 Å². The molecular formula is C12H11NO4. The summed E-state index contributed by atoms with van der Waals surface area (Å²) in [6.07, 6.45) is 2.83. The monoisotopic (exact) mass is 233 g/mol. The summed E-state index contributed by atoms with van der Waals surface area (Å²) >= 11 is 0. The SMILES string of the molecule is CCOC(=O)CC(=O)c1cc2ccncc2o1. The van der Waals surface area contributed by atoms with E-state index in [9.17, 15) is 9.59 Å². The van der Waals surface area contributed by atoms with Crippen LogP contribution in [0, 0.1) is 0 Å². The van der Waals surface area contributed by atoms with Gasteiger partial charge in [-0.15, -0.1) is 0 Å². The van der Waals surface area contributed by atoms with Gasteiger partial charge in [0, 0.05) is 11.6 Å². The Morgan fingerprint density at radius 1 is 1.47 bits per heavy atom. The van der Waals surface area contributed by atoms with Gasteiger partial charge >= 0.3 is 5.97 Å². The lowest BCUT2D eigenvalue weighted by Gasteiger charge is -1.98. The number of pyridine rings is 1. The number of carbonyl (C=O) groups excluding carboxylic acids is 2. The van der Waals surface area contributed by atoms with Gasteiger partial charge in [-0.3, -0.25) is 14.6 Å². The molecule has 0 saturated heterocycles. The number of hydrogen-bond acceptors (Lipinski definition) is 5. The second-order valence-electron chi connectivity index (χ2n) is 3.43. The van der Waals surface area contributed by atoms with E-state index in [0.717, 1.165) is 5.39 Å². The first-order valence-electron chi connectivity index (χ1n) is 5.23. The smallest absolute Gasteiger partial charge is 0.313 e. The van der Waals surface area contributed by atoms with Crippen LogP contribution in [0.1, 0.15) is 23.9 Å². The van der Waals surface area contributed by atoms with Gasteiger partial charge in [0.15, 0.2) is 11.3 Å². The number of ketones is 1. The summed E-state index contributed by atoms with van der Waals surface area (Å²) in [6, 6.07) is 3.33. The molecule has 0 atom stereocenters. The van der Waals surface area contributed by atoms with E-state index in [1.165, 1.54) is 6.20 Å². The molecular weight excluding hydrogens is 222 g/mol. The standard InChI is InChI=1S/C12H11NO4/c1-2-16-12(15)6-9(14)10-5-8-3-4-13-7-11(8)17-10/h3-5,7H,2,6H2,1H3. The average molecular weight is 233 g/mol. The van der Waals surface area contributed by atoms with Gasteiger partial charge in [-0.05, 0) is 19.1 Å². The molecule has 2 aromatic heterocycles. The van der Waals surface area contributed by atoms with Gasteiger partial charge in [-0.1, -0.05) is 0 Å². The molecule has 2 heterocycles. The molecule has 2 rings (SSSR count).